The molecule has 4 heteroatoms. The van der Waals surface area contributed by atoms with Crippen molar-refractivity contribution in [1.82, 2.24) is 10.6 Å². The normalized spacial score (nSPS) is 22.8. The number of hydrogen-bond acceptors (Lipinski definition) is 2. The predicted octanol–water partition coefficient (Wildman–Crippen LogP) is 3.72. The molecular formula is C17H22Cl2N2. The molecule has 2 aromatic carbocycles. The maximum Gasteiger partial charge on any atom is 0.0766 e. The highest BCUT2D eigenvalue weighted by molar-refractivity contribution is 5.85. The average Bonchev–Trinajstić information content (AvgIpc) is 3.23. The Hall–Kier alpha value is -1.06. The zero-order valence-corrected chi connectivity index (χ0v) is 13.7. The predicted molar refractivity (Wildman–Crippen MR) is 93.4 cm³/mol. The van der Waals surface area contributed by atoms with Crippen molar-refractivity contribution in [1.29, 1.82) is 0 Å². The SMILES string of the molecule is CNC1(NCc2ccccc2)CC1c1ccccc1.Cl.Cl. The second-order valence-corrected chi connectivity index (χ2v) is 5.23. The summed E-state index contributed by atoms with van der Waals surface area (Å²) in [5, 5.41) is 7.13. The Morgan fingerprint density at radius 3 is 2.10 bits per heavy atom. The Balaban J connectivity index is 0.00000110. The quantitative estimate of drug-likeness (QED) is 0.819. The van der Waals surface area contributed by atoms with Gasteiger partial charge in [0.05, 0.1) is 5.66 Å². The lowest BCUT2D eigenvalue weighted by Crippen LogP contribution is -2.44. The minimum Gasteiger partial charge on any atom is -0.302 e. The van der Waals surface area contributed by atoms with Gasteiger partial charge in [-0.1, -0.05) is 60.7 Å². The molecule has 0 aliphatic heterocycles. The third-order valence-electron chi connectivity index (χ3n) is 4.06. The molecule has 1 aliphatic rings. The lowest BCUT2D eigenvalue weighted by molar-refractivity contribution is 0.422. The van der Waals surface area contributed by atoms with Crippen molar-refractivity contribution in [2.24, 2.45) is 0 Å². The van der Waals surface area contributed by atoms with Gasteiger partial charge >= 0.3 is 0 Å². The highest BCUT2D eigenvalue weighted by atomic mass is 35.5. The summed E-state index contributed by atoms with van der Waals surface area (Å²) in [7, 11) is 2.04. The molecule has 3 rings (SSSR count). The molecule has 0 radical (unpaired) electrons. The van der Waals surface area contributed by atoms with E-state index < -0.39 is 0 Å². The Morgan fingerprint density at radius 2 is 1.52 bits per heavy atom. The Bertz CT molecular complexity index is 533. The number of halogens is 2. The zero-order chi connectivity index (χ0) is 13.1. The first kappa shape index (κ1) is 18.0. The van der Waals surface area contributed by atoms with Crippen molar-refractivity contribution in [2.45, 2.75) is 24.5 Å². The summed E-state index contributed by atoms with van der Waals surface area (Å²) in [5.74, 6) is 0.572. The van der Waals surface area contributed by atoms with Crippen molar-refractivity contribution in [3.63, 3.8) is 0 Å². The molecule has 1 fully saturated rings. The van der Waals surface area contributed by atoms with Gasteiger partial charge in [-0.2, -0.15) is 0 Å². The van der Waals surface area contributed by atoms with Gasteiger partial charge in [-0.3, -0.25) is 5.32 Å². The average molecular weight is 325 g/mol. The van der Waals surface area contributed by atoms with E-state index in [2.05, 4.69) is 71.3 Å². The molecular weight excluding hydrogens is 303 g/mol. The molecule has 0 saturated heterocycles. The van der Waals surface area contributed by atoms with Crippen LogP contribution in [0, 0.1) is 0 Å². The summed E-state index contributed by atoms with van der Waals surface area (Å²) < 4.78 is 0. The van der Waals surface area contributed by atoms with Gasteiger partial charge in [-0.25, -0.2) is 0 Å². The smallest absolute Gasteiger partial charge is 0.0766 e. The Morgan fingerprint density at radius 1 is 0.952 bits per heavy atom. The van der Waals surface area contributed by atoms with Crippen molar-refractivity contribution in [3.8, 4) is 0 Å². The zero-order valence-electron chi connectivity index (χ0n) is 12.1. The van der Waals surface area contributed by atoms with Gasteiger partial charge in [-0.05, 0) is 24.6 Å². The molecule has 21 heavy (non-hydrogen) atoms. The second kappa shape index (κ2) is 7.81. The molecule has 1 aliphatic carbocycles. The molecule has 1 saturated carbocycles. The van der Waals surface area contributed by atoms with Crippen LogP contribution in [0.1, 0.15) is 23.5 Å². The largest absolute Gasteiger partial charge is 0.302 e. The third-order valence-corrected chi connectivity index (χ3v) is 4.06. The van der Waals surface area contributed by atoms with E-state index in [1.807, 2.05) is 7.05 Å². The van der Waals surface area contributed by atoms with Crippen molar-refractivity contribution in [3.05, 3.63) is 71.8 Å². The van der Waals surface area contributed by atoms with Crippen LogP contribution < -0.4 is 10.6 Å². The molecule has 0 amide bonds. The summed E-state index contributed by atoms with van der Waals surface area (Å²) in [5.41, 5.74) is 2.81. The molecule has 0 spiro atoms. The van der Waals surface area contributed by atoms with Gasteiger partial charge in [0.1, 0.15) is 0 Å². The van der Waals surface area contributed by atoms with Crippen LogP contribution in [0.2, 0.25) is 0 Å². The Kier molecular flexibility index (Phi) is 6.69. The first-order valence-electron chi connectivity index (χ1n) is 6.87. The Labute approximate surface area is 139 Å². The summed E-state index contributed by atoms with van der Waals surface area (Å²) in [6.07, 6.45) is 1.15. The van der Waals surface area contributed by atoms with Crippen molar-refractivity contribution >= 4 is 24.8 Å². The summed E-state index contributed by atoms with van der Waals surface area (Å²) in [6.45, 7) is 0.908. The second-order valence-electron chi connectivity index (χ2n) is 5.23. The fourth-order valence-corrected chi connectivity index (χ4v) is 2.77. The topological polar surface area (TPSA) is 24.1 Å². The van der Waals surface area contributed by atoms with Crippen LogP contribution in [-0.2, 0) is 6.54 Å². The van der Waals surface area contributed by atoms with Crippen LogP contribution in [-0.4, -0.2) is 12.7 Å². The minimum absolute atomic E-state index is 0. The van der Waals surface area contributed by atoms with Crippen LogP contribution in [0.3, 0.4) is 0 Å². The van der Waals surface area contributed by atoms with E-state index >= 15 is 0 Å². The van der Waals surface area contributed by atoms with Crippen molar-refractivity contribution < 1.29 is 0 Å². The lowest BCUT2D eigenvalue weighted by Gasteiger charge is -2.19. The number of benzene rings is 2. The fourth-order valence-electron chi connectivity index (χ4n) is 2.77. The monoisotopic (exact) mass is 324 g/mol. The third kappa shape index (κ3) is 3.98. The summed E-state index contributed by atoms with van der Waals surface area (Å²) in [4.78, 5) is 0. The highest BCUT2D eigenvalue weighted by Crippen LogP contribution is 2.49. The van der Waals surface area contributed by atoms with Gasteiger partial charge in [0, 0.05) is 12.5 Å². The van der Waals surface area contributed by atoms with E-state index in [1.165, 1.54) is 11.1 Å². The van der Waals surface area contributed by atoms with E-state index in [9.17, 15) is 0 Å². The van der Waals surface area contributed by atoms with E-state index in [0.717, 1.165) is 13.0 Å². The lowest BCUT2D eigenvalue weighted by atomic mass is 10.1. The molecule has 2 N–H and O–H groups in total. The maximum atomic E-state index is 3.67. The molecule has 2 atom stereocenters. The summed E-state index contributed by atoms with van der Waals surface area (Å²) >= 11 is 0. The van der Waals surface area contributed by atoms with E-state index in [-0.39, 0.29) is 30.5 Å². The van der Waals surface area contributed by atoms with Gasteiger partial charge in [0.2, 0.25) is 0 Å². The van der Waals surface area contributed by atoms with Gasteiger partial charge in [-0.15, -0.1) is 24.8 Å². The van der Waals surface area contributed by atoms with Crippen LogP contribution in [0.5, 0.6) is 0 Å². The molecule has 0 aromatic heterocycles. The van der Waals surface area contributed by atoms with Crippen LogP contribution in [0.15, 0.2) is 60.7 Å². The number of likely N-dealkylation sites (N-methyl/N-ethyl adjacent to an activating group) is 1. The molecule has 2 unspecified atom stereocenters. The molecule has 114 valence electrons. The first-order chi connectivity index (χ1) is 9.34. The van der Waals surface area contributed by atoms with Crippen LogP contribution >= 0.6 is 24.8 Å². The van der Waals surface area contributed by atoms with Crippen LogP contribution in [0.4, 0.5) is 0 Å². The molecule has 2 aromatic rings. The standard InChI is InChI=1S/C17H20N2.2ClH/c1-18-17(19-13-14-8-4-2-5-9-14)12-16(17)15-10-6-3-7-11-15;;/h2-11,16,18-19H,12-13H2,1H3;2*1H. The number of nitrogens with one attached hydrogen (secondary N) is 2. The number of hydrogen-bond donors (Lipinski definition) is 2. The van der Waals surface area contributed by atoms with Crippen LogP contribution in [0.25, 0.3) is 0 Å². The molecule has 0 bridgehead atoms. The summed E-state index contributed by atoms with van der Waals surface area (Å²) in [6, 6.07) is 21.3. The minimum atomic E-state index is 0. The van der Waals surface area contributed by atoms with Gasteiger partial charge in [0.15, 0.2) is 0 Å². The first-order valence-corrected chi connectivity index (χ1v) is 6.87. The maximum absolute atomic E-state index is 3.67. The van der Waals surface area contributed by atoms with E-state index in [1.54, 1.807) is 0 Å². The van der Waals surface area contributed by atoms with Crippen molar-refractivity contribution in [2.75, 3.05) is 7.05 Å². The molecule has 2 nitrogen and oxygen atoms in total. The molecule has 0 heterocycles. The van der Waals surface area contributed by atoms with Gasteiger partial charge in [0.25, 0.3) is 0 Å². The fraction of sp³-hybridized carbons (Fsp3) is 0.294. The highest BCUT2D eigenvalue weighted by Gasteiger charge is 2.53. The van der Waals surface area contributed by atoms with Gasteiger partial charge < -0.3 is 5.32 Å². The van der Waals surface area contributed by atoms with E-state index in [0.29, 0.717) is 5.92 Å². The number of rotatable bonds is 5. The van der Waals surface area contributed by atoms with E-state index in [4.69, 9.17) is 0 Å².